The molecule has 0 aromatic heterocycles. The second-order valence-corrected chi connectivity index (χ2v) is 11.9. The fourth-order valence-corrected chi connectivity index (χ4v) is 7.83. The van der Waals surface area contributed by atoms with Gasteiger partial charge >= 0.3 is 0 Å². The van der Waals surface area contributed by atoms with Crippen molar-refractivity contribution in [1.82, 2.24) is 14.7 Å². The van der Waals surface area contributed by atoms with E-state index >= 15 is 0 Å². The van der Waals surface area contributed by atoms with Crippen LogP contribution in [-0.2, 0) is 25.5 Å². The van der Waals surface area contributed by atoms with Gasteiger partial charge in [-0.1, -0.05) is 61.7 Å². The third-order valence-electron chi connectivity index (χ3n) is 9.58. The second-order valence-electron chi connectivity index (χ2n) is 11.9. The fourth-order valence-electron chi connectivity index (χ4n) is 7.83. The standard InChI is InChI=1S/C32H43N3O5/c1-4-18-33(3)29(37)26-25-16-17-32(40-25)27(26)30(38)35(24(21-36)20-22-12-8-6-9-13-22)28(32)31(39)34(19-5-2)23-14-10-7-11-15-23/h4-6,8-9,12-13,23-28,36H,1-2,7,10-11,14-21H2,3H3/t24-,25+,26-,27+,28?,32?/m1/s1. The third-order valence-corrected chi connectivity index (χ3v) is 9.58. The monoisotopic (exact) mass is 549 g/mol. The summed E-state index contributed by atoms with van der Waals surface area (Å²) in [6, 6.07) is 8.25. The molecule has 2 unspecified atom stereocenters. The quantitative estimate of drug-likeness (QED) is 0.429. The molecule has 5 rings (SSSR count). The number of fused-ring (bicyclic) bond motifs is 1. The van der Waals surface area contributed by atoms with Crippen molar-refractivity contribution in [3.05, 3.63) is 61.2 Å². The van der Waals surface area contributed by atoms with Gasteiger partial charge in [-0.25, -0.2) is 0 Å². The lowest BCUT2D eigenvalue weighted by Gasteiger charge is -2.42. The summed E-state index contributed by atoms with van der Waals surface area (Å²) >= 11 is 0. The summed E-state index contributed by atoms with van der Waals surface area (Å²) in [4.78, 5) is 48.0. The van der Waals surface area contributed by atoms with Crippen molar-refractivity contribution < 1.29 is 24.2 Å². The van der Waals surface area contributed by atoms with Gasteiger partial charge < -0.3 is 24.5 Å². The first kappa shape index (κ1) is 28.6. The summed E-state index contributed by atoms with van der Waals surface area (Å²) < 4.78 is 6.65. The lowest BCUT2D eigenvalue weighted by Crippen LogP contribution is -2.60. The Bertz CT molecular complexity index is 1120. The topological polar surface area (TPSA) is 90.4 Å². The van der Waals surface area contributed by atoms with Gasteiger partial charge in [0.15, 0.2) is 0 Å². The van der Waals surface area contributed by atoms with E-state index in [4.69, 9.17) is 4.74 Å². The minimum absolute atomic E-state index is 0.0723. The molecular formula is C32H43N3O5. The largest absolute Gasteiger partial charge is 0.394 e. The zero-order chi connectivity index (χ0) is 28.4. The highest BCUT2D eigenvalue weighted by Crippen LogP contribution is 2.59. The number of likely N-dealkylation sites (tertiary alicyclic amines) is 1. The van der Waals surface area contributed by atoms with E-state index in [-0.39, 0.29) is 30.4 Å². The van der Waals surface area contributed by atoms with Crippen molar-refractivity contribution in [1.29, 1.82) is 0 Å². The summed E-state index contributed by atoms with van der Waals surface area (Å²) in [6.07, 6.45) is 9.67. The molecule has 8 heteroatoms. The SMILES string of the molecule is C=CCN(C)C(=O)[C@@H]1[C@@H]2CCC3(O2)C(C(=O)N(CC=C)C2CCCCC2)N([C@@H](CO)Cc2ccccc2)C(=O)[C@H]13. The molecule has 8 nitrogen and oxygen atoms in total. The molecule has 1 N–H and O–H groups in total. The molecule has 0 radical (unpaired) electrons. The Labute approximate surface area is 237 Å². The van der Waals surface area contributed by atoms with Gasteiger partial charge in [0.1, 0.15) is 11.6 Å². The average molecular weight is 550 g/mol. The molecule has 1 aromatic rings. The van der Waals surface area contributed by atoms with Crippen LogP contribution in [0.3, 0.4) is 0 Å². The minimum atomic E-state index is -1.09. The molecule has 3 amide bonds. The van der Waals surface area contributed by atoms with E-state index in [9.17, 15) is 19.5 Å². The summed E-state index contributed by atoms with van der Waals surface area (Å²) in [5, 5.41) is 10.7. The predicted molar refractivity (Wildman–Crippen MR) is 152 cm³/mol. The highest BCUT2D eigenvalue weighted by atomic mass is 16.5. The van der Waals surface area contributed by atoms with Crippen LogP contribution in [0.1, 0.15) is 50.5 Å². The molecule has 1 saturated carbocycles. The predicted octanol–water partition coefficient (Wildman–Crippen LogP) is 2.96. The fraction of sp³-hybridized carbons (Fsp3) is 0.594. The van der Waals surface area contributed by atoms with Gasteiger partial charge in [0, 0.05) is 26.2 Å². The van der Waals surface area contributed by atoms with Crippen molar-refractivity contribution >= 4 is 17.7 Å². The van der Waals surface area contributed by atoms with Crippen LogP contribution in [0, 0.1) is 11.8 Å². The maximum absolute atomic E-state index is 14.7. The maximum Gasteiger partial charge on any atom is 0.248 e. The summed E-state index contributed by atoms with van der Waals surface area (Å²) in [7, 11) is 1.71. The second kappa shape index (κ2) is 11.9. The Morgan fingerprint density at radius 2 is 1.80 bits per heavy atom. The smallest absolute Gasteiger partial charge is 0.248 e. The first-order chi connectivity index (χ1) is 19.4. The summed E-state index contributed by atoms with van der Waals surface area (Å²) in [5.74, 6) is -1.99. The molecule has 4 aliphatic rings. The number of rotatable bonds is 11. The zero-order valence-electron chi connectivity index (χ0n) is 23.6. The summed E-state index contributed by atoms with van der Waals surface area (Å²) in [5.41, 5.74) is -0.124. The van der Waals surface area contributed by atoms with Crippen LogP contribution < -0.4 is 0 Å². The van der Waals surface area contributed by atoms with E-state index in [0.29, 0.717) is 32.4 Å². The molecule has 3 saturated heterocycles. The maximum atomic E-state index is 14.7. The van der Waals surface area contributed by atoms with E-state index in [1.807, 2.05) is 35.2 Å². The van der Waals surface area contributed by atoms with Crippen LogP contribution in [0.4, 0.5) is 0 Å². The van der Waals surface area contributed by atoms with Gasteiger partial charge in [0.2, 0.25) is 17.7 Å². The highest BCUT2D eigenvalue weighted by molar-refractivity contribution is 5.99. The van der Waals surface area contributed by atoms with Gasteiger partial charge in [-0.2, -0.15) is 0 Å². The third kappa shape index (κ3) is 4.79. The molecule has 40 heavy (non-hydrogen) atoms. The molecule has 3 aliphatic heterocycles. The van der Waals surface area contributed by atoms with Crippen molar-refractivity contribution in [2.45, 2.75) is 81.2 Å². The van der Waals surface area contributed by atoms with Crippen LogP contribution in [0.25, 0.3) is 0 Å². The molecule has 216 valence electrons. The number of carbonyl (C=O) groups is 3. The Morgan fingerprint density at radius 1 is 1.10 bits per heavy atom. The molecule has 6 atom stereocenters. The van der Waals surface area contributed by atoms with Crippen LogP contribution >= 0.6 is 0 Å². The highest BCUT2D eigenvalue weighted by Gasteiger charge is 2.75. The number of hydrogen-bond acceptors (Lipinski definition) is 5. The number of carbonyl (C=O) groups excluding carboxylic acids is 3. The number of amides is 3. The molecular weight excluding hydrogens is 506 g/mol. The van der Waals surface area contributed by atoms with Gasteiger partial charge in [-0.3, -0.25) is 14.4 Å². The number of hydrogen-bond donors (Lipinski definition) is 1. The van der Waals surface area contributed by atoms with Gasteiger partial charge in [-0.15, -0.1) is 13.2 Å². The minimum Gasteiger partial charge on any atom is -0.394 e. The van der Waals surface area contributed by atoms with E-state index in [2.05, 4.69) is 13.2 Å². The number of ether oxygens (including phenoxy) is 1. The van der Waals surface area contributed by atoms with Gasteiger partial charge in [0.05, 0.1) is 30.6 Å². The van der Waals surface area contributed by atoms with E-state index in [1.54, 1.807) is 29.0 Å². The van der Waals surface area contributed by atoms with E-state index in [1.165, 1.54) is 0 Å². The Balaban J connectivity index is 1.57. The zero-order valence-corrected chi connectivity index (χ0v) is 23.6. The van der Waals surface area contributed by atoms with Gasteiger partial charge in [0.25, 0.3) is 0 Å². The number of aliphatic hydroxyl groups excluding tert-OH is 1. The van der Waals surface area contributed by atoms with Crippen LogP contribution in [0.2, 0.25) is 0 Å². The Morgan fingerprint density at radius 3 is 2.45 bits per heavy atom. The van der Waals surface area contributed by atoms with Crippen molar-refractivity contribution in [3.8, 4) is 0 Å². The lowest BCUT2D eigenvalue weighted by atomic mass is 9.70. The van der Waals surface area contributed by atoms with Crippen LogP contribution in [0.15, 0.2) is 55.6 Å². The molecule has 1 aliphatic carbocycles. The van der Waals surface area contributed by atoms with Crippen LogP contribution in [-0.4, -0.2) is 94.1 Å². The van der Waals surface area contributed by atoms with Crippen molar-refractivity contribution in [2.75, 3.05) is 26.7 Å². The molecule has 1 spiro atoms. The average Bonchev–Trinajstić information content (AvgIpc) is 3.62. The molecule has 2 bridgehead atoms. The molecule has 1 aromatic carbocycles. The first-order valence-electron chi connectivity index (χ1n) is 14.8. The Hall–Kier alpha value is -2.97. The normalized spacial score (nSPS) is 30.1. The van der Waals surface area contributed by atoms with E-state index in [0.717, 1.165) is 37.7 Å². The Kier molecular flexibility index (Phi) is 8.47. The number of likely N-dealkylation sites (N-methyl/N-ethyl adjacent to an activating group) is 1. The molecule has 4 fully saturated rings. The van der Waals surface area contributed by atoms with Crippen LogP contribution in [0.5, 0.6) is 0 Å². The number of aliphatic hydroxyl groups is 1. The van der Waals surface area contributed by atoms with E-state index < -0.39 is 35.6 Å². The van der Waals surface area contributed by atoms with Gasteiger partial charge in [-0.05, 0) is 37.7 Å². The summed E-state index contributed by atoms with van der Waals surface area (Å²) in [6.45, 7) is 8.14. The first-order valence-corrected chi connectivity index (χ1v) is 14.8. The lowest BCUT2D eigenvalue weighted by molar-refractivity contribution is -0.153. The van der Waals surface area contributed by atoms with Crippen molar-refractivity contribution in [2.24, 2.45) is 11.8 Å². The molecule has 3 heterocycles. The van der Waals surface area contributed by atoms with Crippen molar-refractivity contribution in [3.63, 3.8) is 0 Å². The number of nitrogens with zero attached hydrogens (tertiary/aromatic N) is 3. The number of benzene rings is 1.